The average molecular weight is 205 g/mol. The van der Waals surface area contributed by atoms with Crippen molar-refractivity contribution in [1.82, 2.24) is 15.2 Å². The Kier molecular flexibility index (Phi) is 1.30. The summed E-state index contributed by atoms with van der Waals surface area (Å²) in [6.45, 7) is 0. The van der Waals surface area contributed by atoms with Crippen molar-refractivity contribution >= 4 is 11.9 Å². The zero-order valence-electron chi connectivity index (χ0n) is 8.48. The third-order valence-electron chi connectivity index (χ3n) is 4.53. The molecule has 1 heterocycles. The molecule has 0 aromatic carbocycles. The number of nitrogen functional groups attached to an aromatic ring is 1. The van der Waals surface area contributed by atoms with Gasteiger partial charge in [0.2, 0.25) is 11.9 Å². The molecule has 3 saturated carbocycles. The molecular weight excluding hydrogens is 190 g/mol. The monoisotopic (exact) mass is 205 g/mol. The summed E-state index contributed by atoms with van der Waals surface area (Å²) in [5.74, 6) is 4.84. The number of hydrogen-bond donors (Lipinski definition) is 3. The van der Waals surface area contributed by atoms with Gasteiger partial charge < -0.3 is 11.1 Å². The lowest BCUT2D eigenvalue weighted by atomic mass is 10.0. The maximum absolute atomic E-state index is 5.49. The maximum atomic E-state index is 5.49. The lowest BCUT2D eigenvalue weighted by Crippen LogP contribution is -2.13. The summed E-state index contributed by atoms with van der Waals surface area (Å²) in [5, 5.41) is 10.1. The molecule has 1 aromatic heterocycles. The Labute approximate surface area is 87.8 Å². The SMILES string of the molecule is Nc1nc(NC2C3C4CCC(C4)C23)n[nH]1. The van der Waals surface area contributed by atoms with E-state index in [1.165, 1.54) is 19.3 Å². The van der Waals surface area contributed by atoms with Crippen LogP contribution in [0.15, 0.2) is 0 Å². The topological polar surface area (TPSA) is 79.6 Å². The molecule has 1 aromatic rings. The first-order valence-electron chi connectivity index (χ1n) is 5.77. The number of hydrogen-bond acceptors (Lipinski definition) is 4. The van der Waals surface area contributed by atoms with Gasteiger partial charge in [-0.05, 0) is 42.9 Å². The fourth-order valence-corrected chi connectivity index (χ4v) is 4.01. The van der Waals surface area contributed by atoms with Gasteiger partial charge in [-0.2, -0.15) is 4.98 Å². The second-order valence-corrected chi connectivity index (χ2v) is 5.20. The summed E-state index contributed by atoms with van der Waals surface area (Å²) in [4.78, 5) is 4.09. The molecule has 15 heavy (non-hydrogen) atoms. The zero-order valence-corrected chi connectivity index (χ0v) is 8.48. The zero-order chi connectivity index (χ0) is 9.99. The molecule has 4 rings (SSSR count). The van der Waals surface area contributed by atoms with Gasteiger partial charge in [0.25, 0.3) is 0 Å². The van der Waals surface area contributed by atoms with E-state index in [2.05, 4.69) is 20.5 Å². The van der Waals surface area contributed by atoms with Gasteiger partial charge in [-0.1, -0.05) is 0 Å². The molecule has 80 valence electrons. The number of anilines is 2. The van der Waals surface area contributed by atoms with Crippen LogP contribution in [0.25, 0.3) is 0 Å². The molecule has 3 aliphatic rings. The average Bonchev–Trinajstić information content (AvgIpc) is 2.62. The van der Waals surface area contributed by atoms with E-state index in [4.69, 9.17) is 5.73 Å². The molecule has 5 nitrogen and oxygen atoms in total. The third-order valence-corrected chi connectivity index (χ3v) is 4.53. The minimum atomic E-state index is 0.395. The van der Waals surface area contributed by atoms with Crippen molar-refractivity contribution in [3.05, 3.63) is 0 Å². The molecular formula is C10H15N5. The molecule has 4 atom stereocenters. The molecule has 2 bridgehead atoms. The van der Waals surface area contributed by atoms with Crippen molar-refractivity contribution in [3.8, 4) is 0 Å². The summed E-state index contributed by atoms with van der Waals surface area (Å²) < 4.78 is 0. The molecule has 0 saturated heterocycles. The Morgan fingerprint density at radius 1 is 1.27 bits per heavy atom. The van der Waals surface area contributed by atoms with E-state index in [-0.39, 0.29) is 0 Å². The fourth-order valence-electron chi connectivity index (χ4n) is 4.01. The smallest absolute Gasteiger partial charge is 0.243 e. The quantitative estimate of drug-likeness (QED) is 0.668. The minimum absolute atomic E-state index is 0.395. The summed E-state index contributed by atoms with van der Waals surface area (Å²) in [5.41, 5.74) is 5.49. The Balaban J connectivity index is 1.50. The van der Waals surface area contributed by atoms with Gasteiger partial charge in [0.1, 0.15) is 0 Å². The van der Waals surface area contributed by atoms with Crippen LogP contribution in [0.4, 0.5) is 11.9 Å². The van der Waals surface area contributed by atoms with Gasteiger partial charge in [0, 0.05) is 6.04 Å². The third kappa shape index (κ3) is 0.979. The molecule has 5 heteroatoms. The normalized spacial score (nSPS) is 45.5. The number of rotatable bonds is 2. The number of aromatic amines is 1. The van der Waals surface area contributed by atoms with Crippen LogP contribution in [0.1, 0.15) is 19.3 Å². The van der Waals surface area contributed by atoms with Crippen molar-refractivity contribution in [2.75, 3.05) is 11.1 Å². The van der Waals surface area contributed by atoms with Crippen molar-refractivity contribution in [1.29, 1.82) is 0 Å². The summed E-state index contributed by atoms with van der Waals surface area (Å²) >= 11 is 0. The van der Waals surface area contributed by atoms with Gasteiger partial charge in [-0.3, -0.25) is 0 Å². The molecule has 4 unspecified atom stereocenters. The predicted octanol–water partition coefficient (Wildman–Crippen LogP) is 0.843. The second-order valence-electron chi connectivity index (χ2n) is 5.20. The highest BCUT2D eigenvalue weighted by Crippen LogP contribution is 2.66. The van der Waals surface area contributed by atoms with Gasteiger partial charge in [0.05, 0.1) is 0 Å². The minimum Gasteiger partial charge on any atom is -0.368 e. The number of fused-ring (bicyclic) bond motifs is 5. The van der Waals surface area contributed by atoms with E-state index in [1.807, 2.05) is 0 Å². The van der Waals surface area contributed by atoms with E-state index in [0.717, 1.165) is 23.7 Å². The van der Waals surface area contributed by atoms with Crippen LogP contribution >= 0.6 is 0 Å². The summed E-state index contributed by atoms with van der Waals surface area (Å²) in [7, 11) is 0. The van der Waals surface area contributed by atoms with E-state index in [0.29, 0.717) is 17.9 Å². The Morgan fingerprint density at radius 3 is 2.60 bits per heavy atom. The first-order chi connectivity index (χ1) is 7.33. The van der Waals surface area contributed by atoms with Crippen LogP contribution in [-0.2, 0) is 0 Å². The number of nitrogens with two attached hydrogens (primary N) is 1. The molecule has 0 spiro atoms. The molecule has 4 N–H and O–H groups in total. The summed E-state index contributed by atoms with van der Waals surface area (Å²) in [6.07, 6.45) is 4.37. The van der Waals surface area contributed by atoms with E-state index >= 15 is 0 Å². The van der Waals surface area contributed by atoms with Crippen LogP contribution in [0.3, 0.4) is 0 Å². The molecule has 0 amide bonds. The van der Waals surface area contributed by atoms with Crippen molar-refractivity contribution in [2.45, 2.75) is 25.3 Å². The lowest BCUT2D eigenvalue weighted by molar-refractivity contribution is 0.456. The van der Waals surface area contributed by atoms with E-state index in [9.17, 15) is 0 Å². The van der Waals surface area contributed by atoms with Crippen LogP contribution in [-0.4, -0.2) is 21.2 Å². The largest absolute Gasteiger partial charge is 0.368 e. The molecule has 0 aliphatic heterocycles. The van der Waals surface area contributed by atoms with Gasteiger partial charge in [-0.15, -0.1) is 5.10 Å². The van der Waals surface area contributed by atoms with Gasteiger partial charge in [0.15, 0.2) is 0 Å². The van der Waals surface area contributed by atoms with Gasteiger partial charge >= 0.3 is 0 Å². The van der Waals surface area contributed by atoms with E-state index in [1.54, 1.807) is 0 Å². The first-order valence-corrected chi connectivity index (χ1v) is 5.77. The summed E-state index contributed by atoms with van der Waals surface area (Å²) in [6, 6.07) is 0.631. The van der Waals surface area contributed by atoms with E-state index < -0.39 is 0 Å². The van der Waals surface area contributed by atoms with Gasteiger partial charge in [-0.25, -0.2) is 5.10 Å². The highest BCUT2D eigenvalue weighted by atomic mass is 15.3. The fraction of sp³-hybridized carbons (Fsp3) is 0.800. The van der Waals surface area contributed by atoms with Crippen molar-refractivity contribution in [3.63, 3.8) is 0 Å². The highest BCUT2D eigenvalue weighted by molar-refractivity contribution is 5.36. The standard InChI is InChI=1S/C10H15N5/c11-9-13-10(15-14-9)12-8-6-4-1-2-5(3-4)7(6)8/h4-8H,1-3H2,(H4,11,12,13,14,15). The number of aromatic nitrogens is 3. The van der Waals surface area contributed by atoms with Crippen LogP contribution in [0.5, 0.6) is 0 Å². The second kappa shape index (κ2) is 2.46. The van der Waals surface area contributed by atoms with Crippen LogP contribution < -0.4 is 11.1 Å². The van der Waals surface area contributed by atoms with Crippen molar-refractivity contribution in [2.24, 2.45) is 23.7 Å². The maximum Gasteiger partial charge on any atom is 0.243 e. The molecule has 3 aliphatic carbocycles. The number of nitrogens with zero attached hydrogens (tertiary/aromatic N) is 2. The first kappa shape index (κ1) is 7.96. The Hall–Kier alpha value is -1.26. The molecule has 0 radical (unpaired) electrons. The Morgan fingerprint density at radius 2 is 2.00 bits per heavy atom. The van der Waals surface area contributed by atoms with Crippen LogP contribution in [0.2, 0.25) is 0 Å². The number of H-pyrrole nitrogens is 1. The lowest BCUT2D eigenvalue weighted by Gasteiger charge is -2.08. The Bertz CT molecular complexity index is 384. The predicted molar refractivity (Wildman–Crippen MR) is 56.0 cm³/mol. The number of nitrogens with one attached hydrogen (secondary N) is 2. The van der Waals surface area contributed by atoms with Crippen molar-refractivity contribution < 1.29 is 0 Å². The highest BCUT2D eigenvalue weighted by Gasteiger charge is 2.65. The molecule has 3 fully saturated rings. The van der Waals surface area contributed by atoms with Crippen LogP contribution in [0, 0.1) is 23.7 Å².